The Labute approximate surface area is 158 Å². The zero-order chi connectivity index (χ0) is 18.6. The van der Waals surface area contributed by atoms with Gasteiger partial charge in [-0.3, -0.25) is 0 Å². The first kappa shape index (κ1) is 20.5. The van der Waals surface area contributed by atoms with E-state index in [1.807, 2.05) is 0 Å². The molecule has 6 heteroatoms. The third kappa shape index (κ3) is 8.06. The molecule has 1 aliphatic carbocycles. The Balaban J connectivity index is 1.78. The Morgan fingerprint density at radius 3 is 2.65 bits per heavy atom. The molecule has 0 radical (unpaired) electrons. The fourth-order valence-electron chi connectivity index (χ4n) is 2.50. The average molecular weight is 363 g/mol. The number of ether oxygens (including phenoxy) is 2. The maximum absolute atomic E-state index is 5.73. The van der Waals surface area contributed by atoms with Crippen molar-refractivity contribution in [3.05, 3.63) is 29.8 Å². The van der Waals surface area contributed by atoms with E-state index in [-0.39, 0.29) is 0 Å². The summed E-state index contributed by atoms with van der Waals surface area (Å²) < 4.78 is 10.8. The van der Waals surface area contributed by atoms with Crippen molar-refractivity contribution in [2.45, 2.75) is 26.3 Å². The van der Waals surface area contributed by atoms with Crippen LogP contribution in [0.4, 0.5) is 5.69 Å². The smallest absolute Gasteiger partial charge is 0.194 e. The van der Waals surface area contributed by atoms with Crippen LogP contribution in [0.15, 0.2) is 29.3 Å². The monoisotopic (exact) mass is 362 g/mol. The summed E-state index contributed by atoms with van der Waals surface area (Å²) in [6.07, 6.45) is 2.67. The van der Waals surface area contributed by atoms with E-state index in [0.717, 1.165) is 50.4 Å². The molecule has 0 heterocycles. The minimum Gasteiger partial charge on any atom is -0.383 e. The van der Waals surface area contributed by atoms with Crippen LogP contribution in [0, 0.1) is 5.92 Å². The number of nitrogens with zero attached hydrogens (tertiary/aromatic N) is 2. The Bertz CT molecular complexity index is 529. The predicted octanol–water partition coefficient (Wildman–Crippen LogP) is 2.57. The molecular formula is C20H34N4O2. The van der Waals surface area contributed by atoms with Crippen LogP contribution in [0.3, 0.4) is 0 Å². The molecule has 1 aliphatic rings. The molecule has 0 spiro atoms. The quantitative estimate of drug-likeness (QED) is 0.340. The first-order chi connectivity index (χ1) is 12.7. The molecule has 0 saturated heterocycles. The molecule has 6 nitrogen and oxygen atoms in total. The van der Waals surface area contributed by atoms with Gasteiger partial charge in [-0.1, -0.05) is 12.1 Å². The Morgan fingerprint density at radius 1 is 1.23 bits per heavy atom. The van der Waals surface area contributed by atoms with E-state index in [0.29, 0.717) is 13.2 Å². The molecule has 1 aromatic rings. The van der Waals surface area contributed by atoms with Crippen LogP contribution in [0.2, 0.25) is 0 Å². The molecule has 146 valence electrons. The minimum absolute atomic E-state index is 0.661. The van der Waals surface area contributed by atoms with Crippen LogP contribution in [0.25, 0.3) is 0 Å². The second-order valence-electron chi connectivity index (χ2n) is 6.73. The number of methoxy groups -OCH3 is 1. The lowest BCUT2D eigenvalue weighted by Gasteiger charge is -2.22. The van der Waals surface area contributed by atoms with Crippen molar-refractivity contribution in [3.8, 4) is 0 Å². The van der Waals surface area contributed by atoms with Gasteiger partial charge in [0, 0.05) is 46.1 Å². The first-order valence-corrected chi connectivity index (χ1v) is 9.62. The number of nitrogens with one attached hydrogen (secondary N) is 2. The van der Waals surface area contributed by atoms with E-state index in [4.69, 9.17) is 14.5 Å². The molecule has 0 aliphatic heterocycles. The number of hydrogen-bond acceptors (Lipinski definition) is 4. The van der Waals surface area contributed by atoms with Gasteiger partial charge < -0.3 is 25.0 Å². The lowest BCUT2D eigenvalue weighted by atomic mass is 10.2. The van der Waals surface area contributed by atoms with E-state index in [2.05, 4.69) is 53.8 Å². The van der Waals surface area contributed by atoms with Gasteiger partial charge in [0.25, 0.3) is 0 Å². The summed E-state index contributed by atoms with van der Waals surface area (Å²) in [7, 11) is 3.77. The highest BCUT2D eigenvalue weighted by Crippen LogP contribution is 2.28. The molecule has 0 amide bonds. The SMILES string of the molecule is CCNC(=NCc1ccc(NCCOC)cc1)N(C)CCOCC1CC1. The van der Waals surface area contributed by atoms with Crippen LogP contribution in [-0.2, 0) is 16.0 Å². The molecule has 1 fully saturated rings. The van der Waals surface area contributed by atoms with Crippen LogP contribution < -0.4 is 10.6 Å². The first-order valence-electron chi connectivity index (χ1n) is 9.62. The van der Waals surface area contributed by atoms with Gasteiger partial charge in [-0.2, -0.15) is 0 Å². The summed E-state index contributed by atoms with van der Waals surface area (Å²) >= 11 is 0. The number of likely N-dealkylation sites (N-methyl/N-ethyl adjacent to an activating group) is 1. The van der Waals surface area contributed by atoms with E-state index in [9.17, 15) is 0 Å². The van der Waals surface area contributed by atoms with Crippen LogP contribution in [-0.4, -0.2) is 64.5 Å². The topological polar surface area (TPSA) is 58.1 Å². The Hall–Kier alpha value is -1.79. The molecule has 1 saturated carbocycles. The summed E-state index contributed by atoms with van der Waals surface area (Å²) in [6.45, 7) is 7.63. The summed E-state index contributed by atoms with van der Waals surface area (Å²) in [4.78, 5) is 6.89. The third-order valence-electron chi connectivity index (χ3n) is 4.32. The fraction of sp³-hybridized carbons (Fsp3) is 0.650. The Morgan fingerprint density at radius 2 is 2.00 bits per heavy atom. The largest absolute Gasteiger partial charge is 0.383 e. The molecular weight excluding hydrogens is 328 g/mol. The highest BCUT2D eigenvalue weighted by Gasteiger charge is 2.21. The van der Waals surface area contributed by atoms with Crippen molar-refractivity contribution < 1.29 is 9.47 Å². The van der Waals surface area contributed by atoms with E-state index < -0.39 is 0 Å². The van der Waals surface area contributed by atoms with E-state index >= 15 is 0 Å². The number of guanidine groups is 1. The van der Waals surface area contributed by atoms with Crippen LogP contribution in [0.5, 0.6) is 0 Å². The highest BCUT2D eigenvalue weighted by atomic mass is 16.5. The molecule has 2 rings (SSSR count). The standard InChI is InChI=1S/C20H34N4O2/c1-4-21-20(24(2)12-14-26-16-18-5-6-18)23-15-17-7-9-19(10-8-17)22-11-13-25-3/h7-10,18,22H,4-6,11-16H2,1-3H3,(H,21,23). The maximum atomic E-state index is 5.73. The lowest BCUT2D eigenvalue weighted by Crippen LogP contribution is -2.40. The lowest BCUT2D eigenvalue weighted by molar-refractivity contribution is 0.115. The van der Waals surface area contributed by atoms with Crippen molar-refractivity contribution in [2.24, 2.45) is 10.9 Å². The molecule has 0 bridgehead atoms. The van der Waals surface area contributed by atoms with E-state index in [1.54, 1.807) is 7.11 Å². The number of rotatable bonds is 12. The normalized spacial score (nSPS) is 14.3. The fourth-order valence-corrected chi connectivity index (χ4v) is 2.50. The predicted molar refractivity (Wildman–Crippen MR) is 108 cm³/mol. The second-order valence-corrected chi connectivity index (χ2v) is 6.73. The van der Waals surface area contributed by atoms with Gasteiger partial charge in [0.05, 0.1) is 19.8 Å². The van der Waals surface area contributed by atoms with Gasteiger partial charge in [-0.25, -0.2) is 4.99 Å². The van der Waals surface area contributed by atoms with Crippen molar-refractivity contribution in [1.29, 1.82) is 0 Å². The number of benzene rings is 1. The van der Waals surface area contributed by atoms with E-state index in [1.165, 1.54) is 18.4 Å². The molecule has 0 unspecified atom stereocenters. The summed E-state index contributed by atoms with van der Waals surface area (Å²) in [6, 6.07) is 8.40. The van der Waals surface area contributed by atoms with Crippen molar-refractivity contribution in [1.82, 2.24) is 10.2 Å². The van der Waals surface area contributed by atoms with Gasteiger partial charge in [-0.15, -0.1) is 0 Å². The van der Waals surface area contributed by atoms with Crippen LogP contribution in [0.1, 0.15) is 25.3 Å². The average Bonchev–Trinajstić information content (AvgIpc) is 3.48. The van der Waals surface area contributed by atoms with Gasteiger partial charge >= 0.3 is 0 Å². The third-order valence-corrected chi connectivity index (χ3v) is 4.32. The summed E-state index contributed by atoms with van der Waals surface area (Å²) in [5.74, 6) is 1.74. The van der Waals surface area contributed by atoms with Gasteiger partial charge in [0.2, 0.25) is 0 Å². The van der Waals surface area contributed by atoms with Gasteiger partial charge in [-0.05, 0) is 43.4 Å². The number of anilines is 1. The number of hydrogen-bond donors (Lipinski definition) is 2. The van der Waals surface area contributed by atoms with Crippen molar-refractivity contribution in [3.63, 3.8) is 0 Å². The van der Waals surface area contributed by atoms with Gasteiger partial charge in [0.15, 0.2) is 5.96 Å². The summed E-state index contributed by atoms with van der Waals surface area (Å²) in [5, 5.41) is 6.68. The van der Waals surface area contributed by atoms with Gasteiger partial charge in [0.1, 0.15) is 0 Å². The second kappa shape index (κ2) is 11.8. The maximum Gasteiger partial charge on any atom is 0.194 e. The van der Waals surface area contributed by atoms with Crippen molar-refractivity contribution >= 4 is 11.6 Å². The molecule has 2 N–H and O–H groups in total. The summed E-state index contributed by atoms with van der Waals surface area (Å²) in [5.41, 5.74) is 2.29. The highest BCUT2D eigenvalue weighted by molar-refractivity contribution is 5.79. The minimum atomic E-state index is 0.661. The molecule has 0 aromatic heterocycles. The van der Waals surface area contributed by atoms with Crippen LogP contribution >= 0.6 is 0 Å². The Kier molecular flexibility index (Phi) is 9.28. The zero-order valence-corrected chi connectivity index (χ0v) is 16.5. The number of aliphatic imine (C=N–C) groups is 1. The van der Waals surface area contributed by atoms with Crippen molar-refractivity contribution in [2.75, 3.05) is 58.9 Å². The molecule has 0 atom stereocenters. The molecule has 1 aromatic carbocycles. The molecule has 26 heavy (non-hydrogen) atoms. The zero-order valence-electron chi connectivity index (χ0n) is 16.5.